The fourth-order valence-electron chi connectivity index (χ4n) is 2.15. The molecule has 0 radical (unpaired) electrons. The number of ether oxygens (including phenoxy) is 3. The Morgan fingerprint density at radius 1 is 0.808 bits per heavy atom. The molecule has 0 unspecified atom stereocenters. The Morgan fingerprint density at radius 2 is 1.23 bits per heavy atom. The van der Waals surface area contributed by atoms with E-state index in [-0.39, 0.29) is 19.8 Å². The van der Waals surface area contributed by atoms with E-state index in [0.717, 1.165) is 0 Å². The van der Waals surface area contributed by atoms with Gasteiger partial charge in [0.15, 0.2) is 0 Å². The number of benzene rings is 2. The summed E-state index contributed by atoms with van der Waals surface area (Å²) >= 11 is 0. The molecule has 0 bridgehead atoms. The fraction of sp³-hybridized carbons (Fsp3) is 0.250. The normalized spacial score (nSPS) is 10.7. The van der Waals surface area contributed by atoms with E-state index in [9.17, 15) is 14.4 Å². The molecule has 2 rings (SSSR count). The molecule has 0 amide bonds. The molecule has 0 saturated heterocycles. The van der Waals surface area contributed by atoms with Crippen molar-refractivity contribution in [3.05, 3.63) is 71.8 Å². The largest absolute Gasteiger partial charge is 0.467 e. The van der Waals surface area contributed by atoms with Gasteiger partial charge in [0, 0.05) is 0 Å². The van der Waals surface area contributed by atoms with Crippen molar-refractivity contribution < 1.29 is 28.6 Å². The van der Waals surface area contributed by atoms with Gasteiger partial charge in [-0.25, -0.2) is 9.59 Å². The van der Waals surface area contributed by atoms with Crippen molar-refractivity contribution >= 4 is 18.4 Å². The number of rotatable bonds is 9. The molecular formula is C20H20O6. The van der Waals surface area contributed by atoms with Crippen molar-refractivity contribution in [3.63, 3.8) is 0 Å². The zero-order valence-corrected chi connectivity index (χ0v) is 14.4. The lowest BCUT2D eigenvalue weighted by molar-refractivity contribution is -0.133. The summed E-state index contributed by atoms with van der Waals surface area (Å²) in [5.74, 6) is -1.00. The molecule has 136 valence electrons. The van der Waals surface area contributed by atoms with Crippen LogP contribution >= 0.6 is 0 Å². The first-order valence-electron chi connectivity index (χ1n) is 8.04. The SMILES string of the molecule is CC(COC=O)(COC(=O)c1ccccc1)COC(=O)c1ccccc1. The van der Waals surface area contributed by atoms with Gasteiger partial charge in [0.05, 0.1) is 16.5 Å². The van der Waals surface area contributed by atoms with Gasteiger partial charge < -0.3 is 14.2 Å². The molecule has 0 atom stereocenters. The van der Waals surface area contributed by atoms with E-state index in [1.54, 1.807) is 67.6 Å². The second-order valence-corrected chi connectivity index (χ2v) is 6.10. The van der Waals surface area contributed by atoms with Crippen LogP contribution in [0.25, 0.3) is 0 Å². The highest BCUT2D eigenvalue weighted by molar-refractivity contribution is 5.89. The van der Waals surface area contributed by atoms with Gasteiger partial charge >= 0.3 is 11.9 Å². The topological polar surface area (TPSA) is 78.9 Å². The monoisotopic (exact) mass is 356 g/mol. The van der Waals surface area contributed by atoms with Gasteiger partial charge in [-0.05, 0) is 31.2 Å². The molecule has 0 saturated carbocycles. The third kappa shape index (κ3) is 5.73. The maximum Gasteiger partial charge on any atom is 0.338 e. The molecule has 6 heteroatoms. The number of carbonyl (C=O) groups excluding carboxylic acids is 3. The van der Waals surface area contributed by atoms with Crippen LogP contribution in [0.1, 0.15) is 27.6 Å². The minimum Gasteiger partial charge on any atom is -0.467 e. The Kier molecular flexibility index (Phi) is 6.91. The van der Waals surface area contributed by atoms with Gasteiger partial charge in [-0.15, -0.1) is 0 Å². The van der Waals surface area contributed by atoms with Crippen LogP contribution in [0.5, 0.6) is 0 Å². The highest BCUT2D eigenvalue weighted by Crippen LogP contribution is 2.20. The standard InChI is InChI=1S/C20H20O6/c1-20(12-24-15-21,13-25-18(22)16-8-4-2-5-9-16)14-26-19(23)17-10-6-3-7-11-17/h2-11,15H,12-14H2,1H3. The number of hydrogen-bond donors (Lipinski definition) is 0. The number of hydrogen-bond acceptors (Lipinski definition) is 6. The molecule has 2 aromatic carbocycles. The third-order valence-electron chi connectivity index (χ3n) is 3.62. The first kappa shape index (κ1) is 19.2. The Balaban J connectivity index is 1.96. The zero-order valence-electron chi connectivity index (χ0n) is 14.4. The highest BCUT2D eigenvalue weighted by atomic mass is 16.6. The van der Waals surface area contributed by atoms with E-state index in [1.807, 2.05) is 0 Å². The lowest BCUT2D eigenvalue weighted by Crippen LogP contribution is -2.36. The predicted molar refractivity (Wildman–Crippen MR) is 93.6 cm³/mol. The molecule has 0 aliphatic heterocycles. The first-order chi connectivity index (χ1) is 12.5. The molecule has 6 nitrogen and oxygen atoms in total. The van der Waals surface area contributed by atoms with Crippen molar-refractivity contribution in [2.24, 2.45) is 5.41 Å². The summed E-state index contributed by atoms with van der Waals surface area (Å²) < 4.78 is 15.4. The minimum atomic E-state index is -0.865. The molecule has 0 fully saturated rings. The maximum atomic E-state index is 12.1. The maximum absolute atomic E-state index is 12.1. The lowest BCUT2D eigenvalue weighted by Gasteiger charge is -2.27. The van der Waals surface area contributed by atoms with Gasteiger partial charge in [0.25, 0.3) is 6.47 Å². The Bertz CT molecular complexity index is 671. The van der Waals surface area contributed by atoms with E-state index >= 15 is 0 Å². The third-order valence-corrected chi connectivity index (χ3v) is 3.62. The fourth-order valence-corrected chi connectivity index (χ4v) is 2.15. The van der Waals surface area contributed by atoms with Crippen LogP contribution in [0, 0.1) is 5.41 Å². The van der Waals surface area contributed by atoms with Crippen LogP contribution in [0.4, 0.5) is 0 Å². The number of esters is 2. The summed E-state index contributed by atoms with van der Waals surface area (Å²) in [6.45, 7) is 1.80. The smallest absolute Gasteiger partial charge is 0.338 e. The molecule has 2 aromatic rings. The summed E-state index contributed by atoms with van der Waals surface area (Å²) in [5.41, 5.74) is -0.0460. The quantitative estimate of drug-likeness (QED) is 0.390. The van der Waals surface area contributed by atoms with Crippen molar-refractivity contribution in [3.8, 4) is 0 Å². The van der Waals surface area contributed by atoms with E-state index in [4.69, 9.17) is 14.2 Å². The van der Waals surface area contributed by atoms with Crippen molar-refractivity contribution in [1.82, 2.24) is 0 Å². The van der Waals surface area contributed by atoms with Crippen LogP contribution in [-0.4, -0.2) is 38.2 Å². The number of carbonyl (C=O) groups is 3. The summed E-state index contributed by atoms with van der Waals surface area (Å²) in [7, 11) is 0. The van der Waals surface area contributed by atoms with E-state index in [1.165, 1.54) is 0 Å². The highest BCUT2D eigenvalue weighted by Gasteiger charge is 2.30. The molecular weight excluding hydrogens is 336 g/mol. The summed E-state index contributed by atoms with van der Waals surface area (Å²) in [6.07, 6.45) is 0. The van der Waals surface area contributed by atoms with E-state index < -0.39 is 17.4 Å². The lowest BCUT2D eigenvalue weighted by atomic mass is 9.94. The van der Waals surface area contributed by atoms with E-state index in [0.29, 0.717) is 17.6 Å². The van der Waals surface area contributed by atoms with Crippen molar-refractivity contribution in [1.29, 1.82) is 0 Å². The van der Waals surface area contributed by atoms with Crippen molar-refractivity contribution in [2.75, 3.05) is 19.8 Å². The molecule has 0 aromatic heterocycles. The van der Waals surface area contributed by atoms with Gasteiger partial charge in [-0.3, -0.25) is 4.79 Å². The molecule has 0 aliphatic carbocycles. The average molecular weight is 356 g/mol. The van der Waals surface area contributed by atoms with Gasteiger partial charge in [-0.2, -0.15) is 0 Å². The molecule has 26 heavy (non-hydrogen) atoms. The molecule has 0 heterocycles. The van der Waals surface area contributed by atoms with Crippen LogP contribution in [0.3, 0.4) is 0 Å². The van der Waals surface area contributed by atoms with E-state index in [2.05, 4.69) is 0 Å². The Hall–Kier alpha value is -3.15. The zero-order chi connectivity index (χ0) is 18.8. The van der Waals surface area contributed by atoms with Crippen LogP contribution in [0.15, 0.2) is 60.7 Å². The average Bonchev–Trinajstić information content (AvgIpc) is 2.70. The van der Waals surface area contributed by atoms with Crippen LogP contribution < -0.4 is 0 Å². The van der Waals surface area contributed by atoms with Gasteiger partial charge in [0.1, 0.15) is 19.8 Å². The second kappa shape index (κ2) is 9.36. The molecule has 0 N–H and O–H groups in total. The summed E-state index contributed by atoms with van der Waals surface area (Å²) in [5, 5.41) is 0. The second-order valence-electron chi connectivity index (χ2n) is 6.10. The predicted octanol–water partition coefficient (Wildman–Crippen LogP) is 2.88. The van der Waals surface area contributed by atoms with Crippen LogP contribution in [0.2, 0.25) is 0 Å². The minimum absolute atomic E-state index is 0.0549. The van der Waals surface area contributed by atoms with Crippen molar-refractivity contribution in [2.45, 2.75) is 6.92 Å². The first-order valence-corrected chi connectivity index (χ1v) is 8.04. The van der Waals surface area contributed by atoms with Crippen LogP contribution in [-0.2, 0) is 19.0 Å². The van der Waals surface area contributed by atoms with Gasteiger partial charge in [0.2, 0.25) is 0 Å². The molecule has 0 spiro atoms. The Labute approximate surface area is 151 Å². The summed E-state index contributed by atoms with van der Waals surface area (Å²) in [4.78, 5) is 34.7. The Morgan fingerprint density at radius 3 is 1.62 bits per heavy atom. The van der Waals surface area contributed by atoms with Gasteiger partial charge in [-0.1, -0.05) is 36.4 Å². The molecule has 0 aliphatic rings. The summed E-state index contributed by atoms with van der Waals surface area (Å²) in [6, 6.07) is 17.0.